The van der Waals surface area contributed by atoms with E-state index >= 15 is 0 Å². The van der Waals surface area contributed by atoms with Crippen molar-refractivity contribution in [1.29, 1.82) is 0 Å². The number of rotatable bonds is 5. The number of H-pyrrole nitrogens is 1. The highest BCUT2D eigenvalue weighted by molar-refractivity contribution is 6.31. The average molecular weight is 428 g/mol. The van der Waals surface area contributed by atoms with Crippen LogP contribution in [0.2, 0.25) is 5.02 Å². The minimum atomic E-state index is -1.04. The first kappa shape index (κ1) is 20.7. The van der Waals surface area contributed by atoms with Gasteiger partial charge in [-0.2, -0.15) is 0 Å². The van der Waals surface area contributed by atoms with Crippen LogP contribution in [0.5, 0.6) is 0 Å². The third-order valence-electron chi connectivity index (χ3n) is 5.90. The van der Waals surface area contributed by atoms with Gasteiger partial charge in [0.05, 0.1) is 0 Å². The number of hydrogen-bond acceptors (Lipinski definition) is 4. The molecule has 1 atom stereocenters. The van der Waals surface area contributed by atoms with Crippen molar-refractivity contribution < 1.29 is 15.0 Å². The zero-order valence-electron chi connectivity index (χ0n) is 17.2. The number of aromatic carboxylic acids is 1. The Morgan fingerprint density at radius 3 is 2.53 bits per heavy atom. The number of carbonyl (C=O) groups is 1. The van der Waals surface area contributed by atoms with Gasteiger partial charge in [-0.25, -0.2) is 4.79 Å². The molecule has 6 nitrogen and oxygen atoms in total. The summed E-state index contributed by atoms with van der Waals surface area (Å²) in [4.78, 5) is 19.0. The van der Waals surface area contributed by atoms with E-state index in [4.69, 9.17) is 11.6 Å². The van der Waals surface area contributed by atoms with Crippen LogP contribution in [0.1, 0.15) is 27.2 Å². The molecule has 1 aliphatic rings. The summed E-state index contributed by atoms with van der Waals surface area (Å²) in [6.45, 7) is 7.26. The molecule has 1 saturated heterocycles. The minimum absolute atomic E-state index is 0.111. The number of carboxylic acid groups (broad SMARTS) is 1. The van der Waals surface area contributed by atoms with Gasteiger partial charge in [-0.15, -0.1) is 0 Å². The topological polar surface area (TPSA) is 79.8 Å². The molecule has 0 bridgehead atoms. The van der Waals surface area contributed by atoms with E-state index < -0.39 is 12.2 Å². The number of nitrogens with one attached hydrogen (secondary N) is 1. The summed E-state index contributed by atoms with van der Waals surface area (Å²) < 4.78 is 0. The third-order valence-corrected chi connectivity index (χ3v) is 6.13. The molecule has 158 valence electrons. The molecule has 2 heterocycles. The molecule has 4 rings (SSSR count). The summed E-state index contributed by atoms with van der Waals surface area (Å²) in [5.74, 6) is -1.04. The standard InChI is InChI=1S/C23H26ClN3O3/c1-14-3-6-20(15(2)11-14)26-7-9-27(10-8-26)21(28)13-18-17-12-16(24)4-5-19(17)25-22(18)23(29)30/h3-6,11-12,21,25,28H,7-10,13H2,1-2H3,(H,29,30). The number of benzene rings is 2. The number of anilines is 1. The van der Waals surface area contributed by atoms with Crippen molar-refractivity contribution in [2.24, 2.45) is 0 Å². The molecule has 0 spiro atoms. The Kier molecular flexibility index (Phi) is 5.73. The Hall–Kier alpha value is -2.54. The maximum Gasteiger partial charge on any atom is 0.352 e. The summed E-state index contributed by atoms with van der Waals surface area (Å²) >= 11 is 6.12. The number of hydrogen-bond donors (Lipinski definition) is 3. The number of aliphatic hydroxyl groups excluding tert-OH is 1. The number of carboxylic acids is 1. The molecule has 0 saturated carbocycles. The van der Waals surface area contributed by atoms with E-state index in [1.54, 1.807) is 18.2 Å². The lowest BCUT2D eigenvalue weighted by Gasteiger charge is -2.39. The van der Waals surface area contributed by atoms with Crippen molar-refractivity contribution in [3.05, 3.63) is 63.8 Å². The Morgan fingerprint density at radius 2 is 1.87 bits per heavy atom. The number of halogens is 1. The molecular weight excluding hydrogens is 402 g/mol. The number of fused-ring (bicyclic) bond motifs is 1. The van der Waals surface area contributed by atoms with E-state index in [0.717, 1.165) is 18.5 Å². The molecule has 7 heteroatoms. The van der Waals surface area contributed by atoms with Gasteiger partial charge in [0, 0.05) is 54.2 Å². The number of aromatic amines is 1. The lowest BCUT2D eigenvalue weighted by Crippen LogP contribution is -2.51. The van der Waals surface area contributed by atoms with Gasteiger partial charge in [-0.3, -0.25) is 4.90 Å². The van der Waals surface area contributed by atoms with Gasteiger partial charge in [-0.1, -0.05) is 29.3 Å². The first-order valence-corrected chi connectivity index (χ1v) is 10.5. The predicted molar refractivity (Wildman–Crippen MR) is 120 cm³/mol. The molecule has 1 unspecified atom stereocenters. The van der Waals surface area contributed by atoms with Gasteiger partial charge >= 0.3 is 5.97 Å². The van der Waals surface area contributed by atoms with E-state index in [0.29, 0.717) is 29.2 Å². The Balaban J connectivity index is 1.49. The maximum absolute atomic E-state index is 11.7. The van der Waals surface area contributed by atoms with E-state index in [9.17, 15) is 15.0 Å². The first-order chi connectivity index (χ1) is 14.3. The van der Waals surface area contributed by atoms with Gasteiger partial charge in [0.25, 0.3) is 0 Å². The quantitative estimate of drug-likeness (QED) is 0.576. The Morgan fingerprint density at radius 1 is 1.13 bits per heavy atom. The monoisotopic (exact) mass is 427 g/mol. The molecule has 1 aliphatic heterocycles. The third kappa shape index (κ3) is 4.03. The lowest BCUT2D eigenvalue weighted by molar-refractivity contribution is 0.00116. The highest BCUT2D eigenvalue weighted by Crippen LogP contribution is 2.28. The number of piperazine rings is 1. The van der Waals surface area contributed by atoms with Crippen LogP contribution in [0.4, 0.5) is 5.69 Å². The minimum Gasteiger partial charge on any atom is -0.477 e. The van der Waals surface area contributed by atoms with Crippen LogP contribution in [-0.4, -0.2) is 58.5 Å². The molecule has 3 N–H and O–H groups in total. The fourth-order valence-corrected chi connectivity index (χ4v) is 4.52. The van der Waals surface area contributed by atoms with Crippen molar-refractivity contribution >= 4 is 34.2 Å². The van der Waals surface area contributed by atoms with Crippen molar-refractivity contribution in [2.45, 2.75) is 26.5 Å². The summed E-state index contributed by atoms with van der Waals surface area (Å²) in [5.41, 5.74) is 5.14. The second kappa shape index (κ2) is 8.30. The normalized spacial score (nSPS) is 16.2. The van der Waals surface area contributed by atoms with E-state index in [2.05, 4.69) is 41.9 Å². The molecule has 1 fully saturated rings. The van der Waals surface area contributed by atoms with E-state index in [1.807, 2.05) is 4.90 Å². The van der Waals surface area contributed by atoms with Gasteiger partial charge in [0.2, 0.25) is 0 Å². The molecular formula is C23H26ClN3O3. The van der Waals surface area contributed by atoms with Crippen molar-refractivity contribution in [2.75, 3.05) is 31.1 Å². The number of aryl methyl sites for hydroxylation is 2. The van der Waals surface area contributed by atoms with Crippen LogP contribution in [-0.2, 0) is 6.42 Å². The molecule has 3 aromatic rings. The Labute approximate surface area is 180 Å². The van der Waals surface area contributed by atoms with Crippen LogP contribution < -0.4 is 4.90 Å². The molecule has 2 aromatic carbocycles. The van der Waals surface area contributed by atoms with Crippen molar-refractivity contribution in [3.63, 3.8) is 0 Å². The van der Waals surface area contributed by atoms with Crippen molar-refractivity contribution in [1.82, 2.24) is 9.88 Å². The van der Waals surface area contributed by atoms with Crippen LogP contribution in [0.15, 0.2) is 36.4 Å². The fraction of sp³-hybridized carbons (Fsp3) is 0.348. The summed E-state index contributed by atoms with van der Waals surface area (Å²) in [6, 6.07) is 11.7. The lowest BCUT2D eigenvalue weighted by atomic mass is 10.0. The predicted octanol–water partition coefficient (Wildman–Crippen LogP) is 3.82. The average Bonchev–Trinajstić information content (AvgIpc) is 3.06. The van der Waals surface area contributed by atoms with E-state index in [1.165, 1.54) is 16.8 Å². The van der Waals surface area contributed by atoms with Gasteiger partial charge < -0.3 is 20.1 Å². The fourth-order valence-electron chi connectivity index (χ4n) is 4.35. The van der Waals surface area contributed by atoms with Gasteiger partial charge in [0.1, 0.15) is 11.9 Å². The van der Waals surface area contributed by atoms with Crippen LogP contribution >= 0.6 is 11.6 Å². The summed E-state index contributed by atoms with van der Waals surface area (Å²) in [6.07, 6.45) is -0.534. The van der Waals surface area contributed by atoms with Gasteiger partial charge in [-0.05, 0) is 49.2 Å². The highest BCUT2D eigenvalue weighted by Gasteiger charge is 2.26. The largest absolute Gasteiger partial charge is 0.477 e. The SMILES string of the molecule is Cc1ccc(N2CCN(C(O)Cc3c(C(=O)O)[nH]c4ccc(Cl)cc34)CC2)c(C)c1. The number of aliphatic hydroxyl groups is 1. The molecule has 0 radical (unpaired) electrons. The summed E-state index contributed by atoms with van der Waals surface area (Å²) in [5, 5.41) is 21.8. The zero-order chi connectivity index (χ0) is 21.4. The zero-order valence-corrected chi connectivity index (χ0v) is 17.9. The number of aromatic nitrogens is 1. The second-order valence-electron chi connectivity index (χ2n) is 7.97. The second-order valence-corrected chi connectivity index (χ2v) is 8.41. The molecule has 30 heavy (non-hydrogen) atoms. The molecule has 0 aliphatic carbocycles. The molecule has 0 amide bonds. The Bertz CT molecular complexity index is 1090. The van der Waals surface area contributed by atoms with Crippen LogP contribution in [0.25, 0.3) is 10.9 Å². The van der Waals surface area contributed by atoms with Crippen LogP contribution in [0.3, 0.4) is 0 Å². The number of nitrogens with zero attached hydrogens (tertiary/aromatic N) is 2. The first-order valence-electron chi connectivity index (χ1n) is 10.1. The van der Waals surface area contributed by atoms with E-state index in [-0.39, 0.29) is 12.1 Å². The summed E-state index contributed by atoms with van der Waals surface area (Å²) in [7, 11) is 0. The van der Waals surface area contributed by atoms with Gasteiger partial charge in [0.15, 0.2) is 0 Å². The van der Waals surface area contributed by atoms with Crippen molar-refractivity contribution in [3.8, 4) is 0 Å². The molecule has 1 aromatic heterocycles. The maximum atomic E-state index is 11.7. The van der Waals surface area contributed by atoms with Crippen LogP contribution in [0, 0.1) is 13.8 Å². The highest BCUT2D eigenvalue weighted by atomic mass is 35.5. The smallest absolute Gasteiger partial charge is 0.352 e.